The maximum atomic E-state index is 12.4. The van der Waals surface area contributed by atoms with Crippen LogP contribution in [-0.2, 0) is 16.1 Å². The Bertz CT molecular complexity index is 898. The summed E-state index contributed by atoms with van der Waals surface area (Å²) in [5.74, 6) is -1.98. The van der Waals surface area contributed by atoms with Gasteiger partial charge in [0.15, 0.2) is 11.4 Å². The van der Waals surface area contributed by atoms with E-state index in [2.05, 4.69) is 10.3 Å². The highest BCUT2D eigenvalue weighted by molar-refractivity contribution is 6.30. The molecule has 0 saturated heterocycles. The molecule has 30 heavy (non-hydrogen) atoms. The van der Waals surface area contributed by atoms with Crippen molar-refractivity contribution in [2.24, 2.45) is 5.73 Å². The van der Waals surface area contributed by atoms with E-state index in [0.29, 0.717) is 17.9 Å². The largest absolute Gasteiger partial charge is 0.486 e. The van der Waals surface area contributed by atoms with Gasteiger partial charge >= 0.3 is 5.97 Å². The molecule has 160 valence electrons. The van der Waals surface area contributed by atoms with Gasteiger partial charge in [-0.05, 0) is 36.6 Å². The number of aromatic nitrogens is 1. The van der Waals surface area contributed by atoms with Gasteiger partial charge in [0.2, 0.25) is 5.91 Å². The van der Waals surface area contributed by atoms with Crippen molar-refractivity contribution in [2.45, 2.75) is 39.4 Å². The first kappa shape index (κ1) is 23.3. The maximum Gasteiger partial charge on any atom is 0.340 e. The quantitative estimate of drug-likeness (QED) is 0.583. The molecule has 3 N–H and O–H groups in total. The number of nitrogens with one attached hydrogen (secondary N) is 1. The fourth-order valence-electron chi connectivity index (χ4n) is 2.49. The molecule has 0 saturated carbocycles. The Labute approximate surface area is 179 Å². The van der Waals surface area contributed by atoms with Gasteiger partial charge in [0.1, 0.15) is 12.7 Å². The molecule has 0 aliphatic rings. The van der Waals surface area contributed by atoms with Crippen molar-refractivity contribution in [3.05, 3.63) is 58.4 Å². The maximum absolute atomic E-state index is 12.4. The number of hydrogen-bond acceptors (Lipinski definition) is 7. The topological polar surface area (TPSA) is 121 Å². The standard InChI is InChI=1S/C21H24ClN3O5/c1-3-16(4-2)30-21(28)14-9-17(29-12-13-5-7-15(22)8-6-13)19(24-11-14)20(27)25-18(26)10-23/h5-9,11,16H,3-4,10,12,23H2,1-2H3,(H,25,26,27). The SMILES string of the molecule is CCC(CC)OC(=O)c1cnc(C(=O)NC(=O)CN)c(OCc2ccc(Cl)cc2)c1. The number of amides is 2. The van der Waals surface area contributed by atoms with Crippen LogP contribution in [0.15, 0.2) is 36.5 Å². The predicted molar refractivity (Wildman–Crippen MR) is 111 cm³/mol. The first-order valence-electron chi connectivity index (χ1n) is 9.50. The van der Waals surface area contributed by atoms with Gasteiger partial charge in [-0.1, -0.05) is 37.6 Å². The predicted octanol–water partition coefficient (Wildman–Crippen LogP) is 2.87. The van der Waals surface area contributed by atoms with Gasteiger partial charge in [0.25, 0.3) is 5.91 Å². The van der Waals surface area contributed by atoms with Crippen LogP contribution in [0.1, 0.15) is 53.1 Å². The van der Waals surface area contributed by atoms with E-state index in [4.69, 9.17) is 26.8 Å². The average molecular weight is 434 g/mol. The van der Waals surface area contributed by atoms with E-state index < -0.39 is 17.8 Å². The van der Waals surface area contributed by atoms with Crippen LogP contribution in [0.5, 0.6) is 5.75 Å². The van der Waals surface area contributed by atoms with Crippen LogP contribution in [0.3, 0.4) is 0 Å². The van der Waals surface area contributed by atoms with E-state index in [1.807, 2.05) is 13.8 Å². The average Bonchev–Trinajstić information content (AvgIpc) is 2.76. The minimum Gasteiger partial charge on any atom is -0.486 e. The zero-order valence-electron chi connectivity index (χ0n) is 16.8. The fraction of sp³-hybridized carbons (Fsp3) is 0.333. The lowest BCUT2D eigenvalue weighted by molar-refractivity contribution is -0.118. The molecule has 0 aliphatic carbocycles. The number of halogens is 1. The summed E-state index contributed by atoms with van der Waals surface area (Å²) in [6.07, 6.45) is 2.34. The molecular weight excluding hydrogens is 410 g/mol. The van der Waals surface area contributed by atoms with Crippen molar-refractivity contribution in [2.75, 3.05) is 6.54 Å². The van der Waals surface area contributed by atoms with Gasteiger partial charge in [-0.15, -0.1) is 0 Å². The molecule has 0 bridgehead atoms. The Morgan fingerprint density at radius 2 is 1.83 bits per heavy atom. The summed E-state index contributed by atoms with van der Waals surface area (Å²) in [5.41, 5.74) is 6.00. The summed E-state index contributed by atoms with van der Waals surface area (Å²) < 4.78 is 11.2. The van der Waals surface area contributed by atoms with E-state index in [1.165, 1.54) is 12.3 Å². The van der Waals surface area contributed by atoms with E-state index in [1.54, 1.807) is 24.3 Å². The van der Waals surface area contributed by atoms with Gasteiger partial charge in [-0.2, -0.15) is 0 Å². The van der Waals surface area contributed by atoms with Crippen LogP contribution >= 0.6 is 11.6 Å². The third-order valence-electron chi connectivity index (χ3n) is 4.23. The van der Waals surface area contributed by atoms with Gasteiger partial charge < -0.3 is 15.2 Å². The summed E-state index contributed by atoms with van der Waals surface area (Å²) in [6, 6.07) is 8.30. The normalized spacial score (nSPS) is 10.6. The summed E-state index contributed by atoms with van der Waals surface area (Å²) in [5, 5.41) is 2.69. The second-order valence-electron chi connectivity index (χ2n) is 6.41. The Hall–Kier alpha value is -2.97. The summed E-state index contributed by atoms with van der Waals surface area (Å²) >= 11 is 5.88. The van der Waals surface area contributed by atoms with Crippen LogP contribution in [0.25, 0.3) is 0 Å². The van der Waals surface area contributed by atoms with Gasteiger partial charge in [-0.3, -0.25) is 14.9 Å². The first-order chi connectivity index (χ1) is 14.4. The summed E-state index contributed by atoms with van der Waals surface area (Å²) in [6.45, 7) is 3.58. The molecule has 0 aliphatic heterocycles. The Kier molecular flexibility index (Phi) is 8.76. The third-order valence-corrected chi connectivity index (χ3v) is 4.49. The Morgan fingerprint density at radius 3 is 2.43 bits per heavy atom. The van der Waals surface area contributed by atoms with Crippen LogP contribution in [0.2, 0.25) is 5.02 Å². The highest BCUT2D eigenvalue weighted by Gasteiger charge is 2.21. The molecule has 1 aromatic heterocycles. The number of nitrogens with two attached hydrogens (primary N) is 1. The summed E-state index contributed by atoms with van der Waals surface area (Å²) in [4.78, 5) is 40.3. The molecule has 2 aromatic rings. The zero-order valence-corrected chi connectivity index (χ0v) is 17.6. The van der Waals surface area contributed by atoms with Gasteiger partial charge in [0.05, 0.1) is 12.1 Å². The number of carbonyl (C=O) groups excluding carboxylic acids is 3. The van der Waals surface area contributed by atoms with Gasteiger partial charge in [0, 0.05) is 11.2 Å². The molecule has 0 atom stereocenters. The van der Waals surface area contributed by atoms with Crippen LogP contribution in [0.4, 0.5) is 0 Å². The number of benzene rings is 1. The minimum absolute atomic E-state index is 0.0336. The highest BCUT2D eigenvalue weighted by atomic mass is 35.5. The second-order valence-corrected chi connectivity index (χ2v) is 6.85. The molecule has 0 fully saturated rings. The van der Waals surface area contributed by atoms with Crippen molar-refractivity contribution in [1.29, 1.82) is 0 Å². The number of nitrogens with zero attached hydrogens (tertiary/aromatic N) is 1. The number of ether oxygens (including phenoxy) is 2. The lowest BCUT2D eigenvalue weighted by Crippen LogP contribution is -2.36. The number of hydrogen-bond donors (Lipinski definition) is 2. The number of imide groups is 1. The lowest BCUT2D eigenvalue weighted by Gasteiger charge is -2.15. The molecule has 2 amide bonds. The van der Waals surface area contributed by atoms with E-state index in [0.717, 1.165) is 5.56 Å². The first-order valence-corrected chi connectivity index (χ1v) is 9.88. The van der Waals surface area contributed by atoms with Crippen molar-refractivity contribution in [1.82, 2.24) is 10.3 Å². The molecule has 0 radical (unpaired) electrons. The molecule has 1 aromatic carbocycles. The third kappa shape index (κ3) is 6.53. The van der Waals surface area contributed by atoms with Crippen LogP contribution < -0.4 is 15.8 Å². The molecule has 8 nitrogen and oxygen atoms in total. The number of rotatable bonds is 9. The molecule has 2 rings (SSSR count). The van der Waals surface area contributed by atoms with E-state index >= 15 is 0 Å². The molecule has 0 unspecified atom stereocenters. The van der Waals surface area contributed by atoms with Crippen LogP contribution in [0, 0.1) is 0 Å². The second kappa shape index (κ2) is 11.3. The fourth-order valence-corrected chi connectivity index (χ4v) is 2.62. The van der Waals surface area contributed by atoms with Crippen molar-refractivity contribution >= 4 is 29.4 Å². The minimum atomic E-state index is -0.781. The number of pyridine rings is 1. The summed E-state index contributed by atoms with van der Waals surface area (Å²) in [7, 11) is 0. The zero-order chi connectivity index (χ0) is 22.1. The van der Waals surface area contributed by atoms with Crippen molar-refractivity contribution < 1.29 is 23.9 Å². The van der Waals surface area contributed by atoms with Crippen LogP contribution in [-0.4, -0.2) is 35.4 Å². The number of carbonyl (C=O) groups is 3. The smallest absolute Gasteiger partial charge is 0.340 e. The molecular formula is C21H24ClN3O5. The lowest BCUT2D eigenvalue weighted by atomic mass is 10.2. The Balaban J connectivity index is 2.29. The van der Waals surface area contributed by atoms with E-state index in [9.17, 15) is 14.4 Å². The van der Waals surface area contributed by atoms with Crippen molar-refractivity contribution in [3.8, 4) is 5.75 Å². The monoisotopic (exact) mass is 433 g/mol. The Morgan fingerprint density at radius 1 is 1.17 bits per heavy atom. The number of esters is 1. The highest BCUT2D eigenvalue weighted by Crippen LogP contribution is 2.21. The van der Waals surface area contributed by atoms with E-state index in [-0.39, 0.29) is 36.3 Å². The molecule has 1 heterocycles. The van der Waals surface area contributed by atoms with Crippen molar-refractivity contribution in [3.63, 3.8) is 0 Å². The molecule has 9 heteroatoms. The molecule has 0 spiro atoms. The van der Waals surface area contributed by atoms with Gasteiger partial charge in [-0.25, -0.2) is 9.78 Å².